The number of aryl methyl sites for hydroxylation is 1. The third-order valence-corrected chi connectivity index (χ3v) is 7.47. The molecular formula is C28H32N4O3S2. The largest absolute Gasteiger partial charge is 0.493 e. The van der Waals surface area contributed by atoms with E-state index in [1.165, 1.54) is 55.2 Å². The molecule has 0 saturated carbocycles. The Hall–Kier alpha value is -3.17. The molecule has 194 valence electrons. The molecule has 3 aromatic rings. The summed E-state index contributed by atoms with van der Waals surface area (Å²) in [6, 6.07) is 15.2. The summed E-state index contributed by atoms with van der Waals surface area (Å²) in [5, 5.41) is 10.0. The van der Waals surface area contributed by atoms with Crippen molar-refractivity contribution in [1.29, 1.82) is 0 Å². The van der Waals surface area contributed by atoms with Crippen LogP contribution in [0.1, 0.15) is 56.0 Å². The maximum absolute atomic E-state index is 13.5. The zero-order valence-corrected chi connectivity index (χ0v) is 23.1. The number of methoxy groups -OCH3 is 1. The van der Waals surface area contributed by atoms with Gasteiger partial charge in [0.2, 0.25) is 5.13 Å². The second-order valence-electron chi connectivity index (χ2n) is 8.61. The van der Waals surface area contributed by atoms with Crippen LogP contribution in [0.2, 0.25) is 0 Å². The van der Waals surface area contributed by atoms with E-state index in [1.807, 2.05) is 61.5 Å². The molecule has 2 heterocycles. The summed E-state index contributed by atoms with van der Waals surface area (Å²) in [6.07, 6.45) is 9.13. The van der Waals surface area contributed by atoms with E-state index in [9.17, 15) is 4.79 Å². The number of rotatable bonds is 12. The molecule has 1 aliphatic heterocycles. The lowest BCUT2D eigenvalue weighted by atomic mass is 10.1. The second-order valence-corrected chi connectivity index (χ2v) is 10.8. The van der Waals surface area contributed by atoms with Crippen molar-refractivity contribution in [3.05, 3.63) is 64.0 Å². The molecule has 0 unspecified atom stereocenters. The molecule has 1 amide bonds. The molecule has 2 aromatic carbocycles. The number of ether oxygens (including phenoxy) is 2. The first-order chi connectivity index (χ1) is 18.1. The first kappa shape index (κ1) is 26.9. The van der Waals surface area contributed by atoms with Crippen molar-refractivity contribution in [2.24, 2.45) is 4.99 Å². The quantitative estimate of drug-likeness (QED) is 0.177. The van der Waals surface area contributed by atoms with Crippen molar-refractivity contribution in [2.75, 3.05) is 18.6 Å². The van der Waals surface area contributed by atoms with E-state index in [-0.39, 0.29) is 5.91 Å². The van der Waals surface area contributed by atoms with Crippen molar-refractivity contribution in [3.63, 3.8) is 0 Å². The van der Waals surface area contributed by atoms with Gasteiger partial charge in [-0.2, -0.15) is 4.99 Å². The van der Waals surface area contributed by atoms with E-state index >= 15 is 0 Å². The Balaban J connectivity index is 1.51. The highest BCUT2D eigenvalue weighted by Gasteiger charge is 2.35. The Morgan fingerprint density at radius 3 is 2.51 bits per heavy atom. The molecule has 0 aliphatic carbocycles. The number of nitrogens with zero attached hydrogens (tertiary/aromatic N) is 4. The second kappa shape index (κ2) is 13.4. The Bertz CT molecular complexity index is 1260. The predicted molar refractivity (Wildman–Crippen MR) is 153 cm³/mol. The number of carbonyl (C=O) groups excluding carboxylic acids is 1. The fourth-order valence-corrected chi connectivity index (χ4v) is 5.48. The number of thioether (sulfide) groups is 1. The number of hydrogen-bond donors (Lipinski definition) is 0. The van der Waals surface area contributed by atoms with Crippen LogP contribution in [0.15, 0.2) is 58.4 Å². The number of aromatic nitrogens is 2. The van der Waals surface area contributed by atoms with Gasteiger partial charge in [0.05, 0.1) is 24.3 Å². The van der Waals surface area contributed by atoms with Crippen LogP contribution in [0.5, 0.6) is 11.5 Å². The van der Waals surface area contributed by atoms with Crippen LogP contribution in [0.3, 0.4) is 0 Å². The maximum atomic E-state index is 13.5. The third kappa shape index (κ3) is 7.20. The van der Waals surface area contributed by atoms with Crippen molar-refractivity contribution in [1.82, 2.24) is 10.2 Å². The molecule has 9 heteroatoms. The molecule has 4 rings (SSSR count). The van der Waals surface area contributed by atoms with E-state index in [2.05, 4.69) is 22.1 Å². The molecule has 37 heavy (non-hydrogen) atoms. The van der Waals surface area contributed by atoms with Crippen LogP contribution in [0.4, 0.5) is 10.8 Å². The summed E-state index contributed by atoms with van der Waals surface area (Å²) in [7, 11) is 1.63. The Morgan fingerprint density at radius 2 is 1.78 bits per heavy atom. The zero-order valence-electron chi connectivity index (χ0n) is 21.5. The zero-order chi connectivity index (χ0) is 26.0. The van der Waals surface area contributed by atoms with Crippen molar-refractivity contribution < 1.29 is 14.3 Å². The van der Waals surface area contributed by atoms with Gasteiger partial charge in [0.25, 0.3) is 5.91 Å². The summed E-state index contributed by atoms with van der Waals surface area (Å²) < 4.78 is 11.6. The first-order valence-electron chi connectivity index (χ1n) is 12.6. The lowest BCUT2D eigenvalue weighted by molar-refractivity contribution is -0.113. The fraction of sp³-hybridized carbons (Fsp3) is 0.357. The first-order valence-corrected chi connectivity index (χ1v) is 14.2. The molecular weight excluding hydrogens is 504 g/mol. The summed E-state index contributed by atoms with van der Waals surface area (Å²) in [5.41, 5.74) is 1.60. The maximum Gasteiger partial charge on any atom is 0.271 e. The van der Waals surface area contributed by atoms with Gasteiger partial charge in [-0.15, -0.1) is 10.2 Å². The lowest BCUT2D eigenvalue weighted by Crippen LogP contribution is -2.28. The number of anilines is 1. The van der Waals surface area contributed by atoms with Crippen LogP contribution >= 0.6 is 23.1 Å². The smallest absolute Gasteiger partial charge is 0.271 e. The molecule has 0 spiro atoms. The number of aliphatic imine (C=N–C) groups is 1. The lowest BCUT2D eigenvalue weighted by Gasteiger charge is -2.14. The molecule has 1 fully saturated rings. The van der Waals surface area contributed by atoms with Gasteiger partial charge >= 0.3 is 0 Å². The molecule has 0 atom stereocenters. The molecule has 0 radical (unpaired) electrons. The number of amides is 1. The topological polar surface area (TPSA) is 76.9 Å². The van der Waals surface area contributed by atoms with Gasteiger partial charge < -0.3 is 9.47 Å². The average molecular weight is 537 g/mol. The van der Waals surface area contributed by atoms with Gasteiger partial charge in [-0.05, 0) is 61.0 Å². The Morgan fingerprint density at radius 1 is 1.00 bits per heavy atom. The summed E-state index contributed by atoms with van der Waals surface area (Å²) in [5.74, 6) is 1.22. The molecule has 0 bridgehead atoms. The molecule has 0 N–H and O–H groups in total. The van der Waals surface area contributed by atoms with Gasteiger partial charge in [0.1, 0.15) is 5.01 Å². The minimum Gasteiger partial charge on any atom is -0.493 e. The van der Waals surface area contributed by atoms with Crippen molar-refractivity contribution in [2.45, 2.75) is 52.4 Å². The summed E-state index contributed by atoms with van der Waals surface area (Å²) in [6.45, 7) is 4.76. The number of benzene rings is 2. The van der Waals surface area contributed by atoms with E-state index in [0.29, 0.717) is 33.3 Å². The van der Waals surface area contributed by atoms with E-state index in [0.717, 1.165) is 22.7 Å². The number of unbranched alkanes of at least 4 members (excludes halogenated alkanes) is 5. The molecule has 1 aromatic heterocycles. The SMILES string of the molecule is CCCCCCCCOc1ccc(/C=C2\S/C(=N/c3nnc(C)s3)N(c3ccccc3)C2=O)cc1OC. The molecule has 1 saturated heterocycles. The van der Waals surface area contributed by atoms with Gasteiger partial charge in [-0.25, -0.2) is 0 Å². The van der Waals surface area contributed by atoms with Crippen LogP contribution in [-0.2, 0) is 4.79 Å². The van der Waals surface area contributed by atoms with Crippen LogP contribution in [0.25, 0.3) is 6.08 Å². The summed E-state index contributed by atoms with van der Waals surface area (Å²) >= 11 is 2.70. The van der Waals surface area contributed by atoms with Crippen LogP contribution < -0.4 is 14.4 Å². The number of amidine groups is 1. The van der Waals surface area contributed by atoms with Gasteiger partial charge in [0.15, 0.2) is 16.7 Å². The summed E-state index contributed by atoms with van der Waals surface area (Å²) in [4.78, 5) is 20.3. The molecule has 7 nitrogen and oxygen atoms in total. The van der Waals surface area contributed by atoms with Gasteiger partial charge in [-0.1, -0.05) is 74.6 Å². The number of hydrogen-bond acceptors (Lipinski definition) is 8. The average Bonchev–Trinajstić information content (AvgIpc) is 3.46. The van der Waals surface area contributed by atoms with Crippen LogP contribution in [0, 0.1) is 6.92 Å². The number of para-hydroxylation sites is 1. The monoisotopic (exact) mass is 536 g/mol. The van der Waals surface area contributed by atoms with Crippen molar-refractivity contribution >= 4 is 51.1 Å². The Kier molecular flexibility index (Phi) is 9.73. The number of carbonyl (C=O) groups is 1. The van der Waals surface area contributed by atoms with Gasteiger partial charge in [0, 0.05) is 0 Å². The van der Waals surface area contributed by atoms with Crippen LogP contribution in [-0.4, -0.2) is 35.0 Å². The van der Waals surface area contributed by atoms with E-state index < -0.39 is 0 Å². The van der Waals surface area contributed by atoms with Gasteiger partial charge in [-0.3, -0.25) is 9.69 Å². The highest BCUT2D eigenvalue weighted by Crippen LogP contribution is 2.38. The fourth-order valence-electron chi connectivity index (χ4n) is 3.88. The van der Waals surface area contributed by atoms with E-state index in [4.69, 9.17) is 9.47 Å². The highest BCUT2D eigenvalue weighted by atomic mass is 32.2. The normalized spacial score (nSPS) is 15.6. The minimum absolute atomic E-state index is 0.140. The Labute approximate surface area is 226 Å². The van der Waals surface area contributed by atoms with Crippen molar-refractivity contribution in [3.8, 4) is 11.5 Å². The standard InChI is InChI=1S/C28H32N4O3S2/c1-4-5-6-7-8-12-17-35-23-16-15-21(18-24(23)34-3)19-25-26(33)32(22-13-10-9-11-14-22)28(37-25)29-27-31-30-20(2)36-27/h9-11,13-16,18-19H,4-8,12,17H2,1-3H3/b25-19-,29-28+. The molecule has 1 aliphatic rings. The minimum atomic E-state index is -0.140. The van der Waals surface area contributed by atoms with E-state index in [1.54, 1.807) is 12.0 Å². The highest BCUT2D eigenvalue weighted by molar-refractivity contribution is 8.19. The predicted octanol–water partition coefficient (Wildman–Crippen LogP) is 7.40. The third-order valence-electron chi connectivity index (χ3n) is 5.77.